The first-order valence-electron chi connectivity index (χ1n) is 6.10. The van der Waals surface area contributed by atoms with Gasteiger partial charge in [0.25, 0.3) is 0 Å². The Labute approximate surface area is 112 Å². The van der Waals surface area contributed by atoms with E-state index in [1.807, 2.05) is 0 Å². The molecular formula is C14H24LiN. The number of hydrogen-bond donors (Lipinski definition) is 1. The molecule has 0 aliphatic heterocycles. The zero-order valence-corrected chi connectivity index (χ0v) is 10.00. The molecule has 2 heteroatoms. The summed E-state index contributed by atoms with van der Waals surface area (Å²) in [5.41, 5.74) is 1.42. The average molecular weight is 213 g/mol. The van der Waals surface area contributed by atoms with Gasteiger partial charge in [0.05, 0.1) is 0 Å². The van der Waals surface area contributed by atoms with Gasteiger partial charge in [-0.1, -0.05) is 50.1 Å². The standard InChI is InChI=1S/C14H23N.Li.H/c1-3-4-8-11-15-13(2)12-14-9-6-5-7-10-14;;/h5-7,9-10,13,15H,3-4,8,11-12H2,1-2H3;;. The van der Waals surface area contributed by atoms with E-state index in [9.17, 15) is 0 Å². The van der Waals surface area contributed by atoms with Crippen LogP contribution in [0.1, 0.15) is 38.7 Å². The van der Waals surface area contributed by atoms with Gasteiger partial charge in [-0.25, -0.2) is 0 Å². The Balaban J connectivity index is 0.00000225. The van der Waals surface area contributed by atoms with Crippen molar-refractivity contribution in [1.82, 2.24) is 5.32 Å². The summed E-state index contributed by atoms with van der Waals surface area (Å²) < 4.78 is 0. The van der Waals surface area contributed by atoms with Gasteiger partial charge >= 0.3 is 18.9 Å². The van der Waals surface area contributed by atoms with Gasteiger partial charge in [-0.2, -0.15) is 0 Å². The van der Waals surface area contributed by atoms with E-state index in [1.54, 1.807) is 0 Å². The van der Waals surface area contributed by atoms with E-state index in [1.165, 1.54) is 24.8 Å². The van der Waals surface area contributed by atoms with Gasteiger partial charge in [0.2, 0.25) is 0 Å². The molecule has 1 aromatic carbocycles. The van der Waals surface area contributed by atoms with E-state index in [0.29, 0.717) is 6.04 Å². The van der Waals surface area contributed by atoms with Gasteiger partial charge in [0, 0.05) is 6.04 Å². The van der Waals surface area contributed by atoms with Crippen molar-refractivity contribution in [3.8, 4) is 0 Å². The number of hydrogen-bond acceptors (Lipinski definition) is 1. The molecule has 0 saturated heterocycles. The monoisotopic (exact) mass is 213 g/mol. The zero-order chi connectivity index (χ0) is 10.9. The molecule has 1 rings (SSSR count). The molecule has 86 valence electrons. The van der Waals surface area contributed by atoms with E-state index in [0.717, 1.165) is 13.0 Å². The Bertz CT molecular complexity index is 248. The average Bonchev–Trinajstić information content (AvgIpc) is 2.26. The second kappa shape index (κ2) is 9.97. The van der Waals surface area contributed by atoms with Gasteiger partial charge in [-0.3, -0.25) is 0 Å². The molecule has 0 heterocycles. The molecule has 0 aromatic heterocycles. The van der Waals surface area contributed by atoms with Crippen LogP contribution in [0.3, 0.4) is 0 Å². The summed E-state index contributed by atoms with van der Waals surface area (Å²) in [6.07, 6.45) is 5.07. The summed E-state index contributed by atoms with van der Waals surface area (Å²) >= 11 is 0. The summed E-state index contributed by atoms with van der Waals surface area (Å²) in [6, 6.07) is 11.3. The molecule has 1 N–H and O–H groups in total. The summed E-state index contributed by atoms with van der Waals surface area (Å²) in [4.78, 5) is 0. The van der Waals surface area contributed by atoms with Crippen LogP contribution in [0, 0.1) is 0 Å². The van der Waals surface area contributed by atoms with Crippen molar-refractivity contribution in [2.45, 2.75) is 45.6 Å². The molecule has 1 aromatic rings. The molecule has 0 aliphatic carbocycles. The molecule has 0 bridgehead atoms. The van der Waals surface area contributed by atoms with Crippen LogP contribution in [0.2, 0.25) is 0 Å². The van der Waals surface area contributed by atoms with Crippen molar-refractivity contribution >= 4 is 18.9 Å². The first kappa shape index (κ1) is 15.8. The van der Waals surface area contributed by atoms with E-state index in [4.69, 9.17) is 0 Å². The van der Waals surface area contributed by atoms with E-state index in [2.05, 4.69) is 49.5 Å². The van der Waals surface area contributed by atoms with E-state index >= 15 is 0 Å². The zero-order valence-electron chi connectivity index (χ0n) is 10.00. The van der Waals surface area contributed by atoms with Crippen LogP contribution in [-0.4, -0.2) is 31.4 Å². The topological polar surface area (TPSA) is 12.0 Å². The molecule has 1 unspecified atom stereocenters. The third kappa shape index (κ3) is 7.12. The van der Waals surface area contributed by atoms with Gasteiger partial charge in [-0.05, 0) is 31.9 Å². The number of nitrogens with one attached hydrogen (secondary N) is 1. The third-order valence-corrected chi connectivity index (χ3v) is 2.66. The maximum atomic E-state index is 3.57. The van der Waals surface area contributed by atoms with Gasteiger partial charge in [0.15, 0.2) is 0 Å². The molecule has 1 nitrogen and oxygen atoms in total. The molecule has 0 amide bonds. The van der Waals surface area contributed by atoms with Crippen molar-refractivity contribution in [3.63, 3.8) is 0 Å². The molecule has 0 saturated carbocycles. The SMILES string of the molecule is CCCCCNC(C)Cc1ccccc1.[LiH]. The first-order chi connectivity index (χ1) is 7.33. The Hall–Kier alpha value is -0.223. The second-order valence-corrected chi connectivity index (χ2v) is 4.25. The predicted octanol–water partition coefficient (Wildman–Crippen LogP) is 2.75. The molecule has 0 fully saturated rings. The predicted molar refractivity (Wildman–Crippen MR) is 74.3 cm³/mol. The van der Waals surface area contributed by atoms with Crippen molar-refractivity contribution in [1.29, 1.82) is 0 Å². The quantitative estimate of drug-likeness (QED) is 0.542. The molecule has 0 aliphatic rings. The van der Waals surface area contributed by atoms with Gasteiger partial charge < -0.3 is 5.32 Å². The van der Waals surface area contributed by atoms with Crippen molar-refractivity contribution in [2.75, 3.05) is 6.54 Å². The summed E-state index contributed by atoms with van der Waals surface area (Å²) in [5.74, 6) is 0. The fraction of sp³-hybridized carbons (Fsp3) is 0.571. The Morgan fingerprint density at radius 2 is 1.81 bits per heavy atom. The summed E-state index contributed by atoms with van der Waals surface area (Å²) in [5, 5.41) is 3.57. The van der Waals surface area contributed by atoms with Crippen LogP contribution in [0.5, 0.6) is 0 Å². The Morgan fingerprint density at radius 3 is 2.44 bits per heavy atom. The minimum atomic E-state index is 0. The summed E-state index contributed by atoms with van der Waals surface area (Å²) in [6.45, 7) is 5.66. The third-order valence-electron chi connectivity index (χ3n) is 2.66. The first-order valence-corrected chi connectivity index (χ1v) is 6.10. The number of benzene rings is 1. The van der Waals surface area contributed by atoms with Crippen LogP contribution < -0.4 is 5.32 Å². The Morgan fingerprint density at radius 1 is 1.12 bits per heavy atom. The maximum absolute atomic E-state index is 3.57. The van der Waals surface area contributed by atoms with Gasteiger partial charge in [0.1, 0.15) is 0 Å². The number of rotatable bonds is 7. The number of unbranched alkanes of at least 4 members (excludes halogenated alkanes) is 2. The fourth-order valence-corrected chi connectivity index (χ4v) is 1.76. The summed E-state index contributed by atoms with van der Waals surface area (Å²) in [7, 11) is 0. The molecular weight excluding hydrogens is 189 g/mol. The van der Waals surface area contributed by atoms with E-state index < -0.39 is 0 Å². The van der Waals surface area contributed by atoms with Crippen LogP contribution in [0.25, 0.3) is 0 Å². The van der Waals surface area contributed by atoms with Crippen molar-refractivity contribution in [2.24, 2.45) is 0 Å². The van der Waals surface area contributed by atoms with Crippen molar-refractivity contribution in [3.05, 3.63) is 35.9 Å². The molecule has 16 heavy (non-hydrogen) atoms. The molecule has 0 radical (unpaired) electrons. The normalized spacial score (nSPS) is 11.9. The van der Waals surface area contributed by atoms with Crippen LogP contribution in [0.4, 0.5) is 0 Å². The van der Waals surface area contributed by atoms with Crippen molar-refractivity contribution < 1.29 is 0 Å². The van der Waals surface area contributed by atoms with E-state index in [-0.39, 0.29) is 18.9 Å². The molecule has 0 spiro atoms. The van der Waals surface area contributed by atoms with Crippen LogP contribution >= 0.6 is 0 Å². The fourth-order valence-electron chi connectivity index (χ4n) is 1.76. The van der Waals surface area contributed by atoms with Crippen LogP contribution in [-0.2, 0) is 6.42 Å². The Kier molecular flexibility index (Phi) is 9.83. The second-order valence-electron chi connectivity index (χ2n) is 4.25. The van der Waals surface area contributed by atoms with Crippen LogP contribution in [0.15, 0.2) is 30.3 Å². The minimum absolute atomic E-state index is 0. The van der Waals surface area contributed by atoms with Gasteiger partial charge in [-0.15, -0.1) is 0 Å². The molecule has 1 atom stereocenters.